The lowest BCUT2D eigenvalue weighted by atomic mass is 9.90. The van der Waals surface area contributed by atoms with Gasteiger partial charge in [0.1, 0.15) is 6.33 Å². The monoisotopic (exact) mass is 177 g/mol. The third-order valence-corrected chi connectivity index (χ3v) is 2.73. The van der Waals surface area contributed by atoms with Crippen LogP contribution in [0.3, 0.4) is 0 Å². The van der Waals surface area contributed by atoms with Gasteiger partial charge in [-0.3, -0.25) is 0 Å². The number of hydrazine groups is 2. The fraction of sp³-hybridized carbons (Fsp3) is 0.500. The average Bonchev–Trinajstić information content (AvgIpc) is 2.65. The van der Waals surface area contributed by atoms with Crippen molar-refractivity contribution in [3.8, 4) is 0 Å². The Morgan fingerprint density at radius 2 is 2.38 bits per heavy atom. The zero-order valence-electron chi connectivity index (χ0n) is 7.12. The standard InChI is InChI=1S/C8H11N5/c1-2-6-8(12-13-11-6)7-5(1)3-9-4-10-7/h3-4,6,8,11-13H,1-2H2. The highest BCUT2D eigenvalue weighted by molar-refractivity contribution is 5.25. The first-order chi connectivity index (χ1) is 6.45. The average molecular weight is 177 g/mol. The van der Waals surface area contributed by atoms with Crippen LogP contribution >= 0.6 is 0 Å². The van der Waals surface area contributed by atoms with Gasteiger partial charge in [-0.15, -0.1) is 0 Å². The van der Waals surface area contributed by atoms with Crippen LogP contribution < -0.4 is 16.4 Å². The molecule has 0 aromatic carbocycles. The van der Waals surface area contributed by atoms with Gasteiger partial charge in [-0.2, -0.15) is 5.53 Å². The van der Waals surface area contributed by atoms with Crippen molar-refractivity contribution >= 4 is 0 Å². The zero-order valence-corrected chi connectivity index (χ0v) is 7.12. The van der Waals surface area contributed by atoms with E-state index in [-0.39, 0.29) is 0 Å². The van der Waals surface area contributed by atoms with Crippen LogP contribution in [0.5, 0.6) is 0 Å². The van der Waals surface area contributed by atoms with E-state index in [1.54, 1.807) is 6.33 Å². The third-order valence-electron chi connectivity index (χ3n) is 2.73. The molecule has 2 heterocycles. The maximum Gasteiger partial charge on any atom is 0.115 e. The number of hydrogen-bond donors (Lipinski definition) is 3. The summed E-state index contributed by atoms with van der Waals surface area (Å²) in [5, 5.41) is 0. The molecule has 3 rings (SSSR count). The van der Waals surface area contributed by atoms with Crippen molar-refractivity contribution in [1.82, 2.24) is 26.4 Å². The highest BCUT2D eigenvalue weighted by atomic mass is 15.7. The van der Waals surface area contributed by atoms with E-state index in [0.717, 1.165) is 18.5 Å². The molecule has 0 saturated carbocycles. The summed E-state index contributed by atoms with van der Waals surface area (Å²) in [6, 6.07) is 0.758. The molecule has 1 aliphatic carbocycles. The second kappa shape index (κ2) is 2.73. The van der Waals surface area contributed by atoms with E-state index in [9.17, 15) is 0 Å². The van der Waals surface area contributed by atoms with Crippen LogP contribution in [-0.2, 0) is 6.42 Å². The Kier molecular flexibility index (Phi) is 1.55. The summed E-state index contributed by atoms with van der Waals surface area (Å²) in [5.74, 6) is 0. The summed E-state index contributed by atoms with van der Waals surface area (Å²) >= 11 is 0. The van der Waals surface area contributed by atoms with Gasteiger partial charge in [0.05, 0.1) is 11.7 Å². The molecule has 3 N–H and O–H groups in total. The van der Waals surface area contributed by atoms with E-state index >= 15 is 0 Å². The molecule has 0 bridgehead atoms. The molecule has 5 heteroatoms. The molecule has 2 unspecified atom stereocenters. The van der Waals surface area contributed by atoms with Crippen molar-refractivity contribution < 1.29 is 0 Å². The summed E-state index contributed by atoms with van der Waals surface area (Å²) in [5.41, 5.74) is 11.7. The Morgan fingerprint density at radius 3 is 3.38 bits per heavy atom. The summed E-state index contributed by atoms with van der Waals surface area (Å²) < 4.78 is 0. The van der Waals surface area contributed by atoms with Crippen molar-refractivity contribution in [1.29, 1.82) is 0 Å². The van der Waals surface area contributed by atoms with Crippen LogP contribution in [0.4, 0.5) is 0 Å². The van der Waals surface area contributed by atoms with Crippen molar-refractivity contribution in [3.05, 3.63) is 23.8 Å². The second-order valence-corrected chi connectivity index (χ2v) is 3.47. The molecular formula is C8H11N5. The van der Waals surface area contributed by atoms with Crippen LogP contribution in [0.2, 0.25) is 0 Å². The van der Waals surface area contributed by atoms with E-state index in [4.69, 9.17) is 0 Å². The largest absolute Gasteiger partial charge is 0.245 e. The molecule has 1 aromatic heterocycles. The number of fused-ring (bicyclic) bond motifs is 3. The lowest BCUT2D eigenvalue weighted by molar-refractivity contribution is 0.453. The van der Waals surface area contributed by atoms with Crippen molar-refractivity contribution in [2.45, 2.75) is 24.9 Å². The van der Waals surface area contributed by atoms with Gasteiger partial charge in [0.2, 0.25) is 0 Å². The molecule has 68 valence electrons. The van der Waals surface area contributed by atoms with Crippen molar-refractivity contribution in [2.24, 2.45) is 0 Å². The molecule has 13 heavy (non-hydrogen) atoms. The zero-order chi connectivity index (χ0) is 8.67. The molecule has 0 amide bonds. The minimum Gasteiger partial charge on any atom is -0.245 e. The van der Waals surface area contributed by atoms with E-state index in [0.29, 0.717) is 12.1 Å². The first-order valence-corrected chi connectivity index (χ1v) is 4.50. The Bertz CT molecular complexity index is 326. The number of hydrogen-bond acceptors (Lipinski definition) is 5. The number of nitrogens with one attached hydrogen (secondary N) is 3. The van der Waals surface area contributed by atoms with Gasteiger partial charge in [-0.25, -0.2) is 20.8 Å². The number of aryl methyl sites for hydroxylation is 1. The van der Waals surface area contributed by atoms with Crippen molar-refractivity contribution in [2.75, 3.05) is 0 Å². The number of rotatable bonds is 0. The Labute approximate surface area is 75.9 Å². The molecule has 1 aromatic rings. The molecule has 1 fully saturated rings. The fourth-order valence-electron chi connectivity index (χ4n) is 2.05. The molecule has 2 atom stereocenters. The van der Waals surface area contributed by atoms with Crippen LogP contribution in [-0.4, -0.2) is 16.0 Å². The summed E-state index contributed by atoms with van der Waals surface area (Å²) in [4.78, 5) is 8.34. The summed E-state index contributed by atoms with van der Waals surface area (Å²) in [7, 11) is 0. The summed E-state index contributed by atoms with van der Waals surface area (Å²) in [6.45, 7) is 0. The van der Waals surface area contributed by atoms with Gasteiger partial charge in [0, 0.05) is 12.2 Å². The molecular weight excluding hydrogens is 166 g/mol. The predicted molar refractivity (Wildman–Crippen MR) is 46.3 cm³/mol. The number of aromatic nitrogens is 2. The SMILES string of the molecule is c1ncc2c(n1)C1NNNC1CC2. The minimum atomic E-state index is 0.298. The van der Waals surface area contributed by atoms with Crippen molar-refractivity contribution in [3.63, 3.8) is 0 Å². The molecule has 2 aliphatic rings. The van der Waals surface area contributed by atoms with Crippen LogP contribution in [0.25, 0.3) is 0 Å². The molecule has 5 nitrogen and oxygen atoms in total. The van der Waals surface area contributed by atoms with Gasteiger partial charge in [0.15, 0.2) is 0 Å². The third kappa shape index (κ3) is 1.05. The predicted octanol–water partition coefficient (Wildman–Crippen LogP) is -0.555. The van der Waals surface area contributed by atoms with E-state index in [2.05, 4.69) is 26.4 Å². The second-order valence-electron chi connectivity index (χ2n) is 3.47. The highest BCUT2D eigenvalue weighted by Crippen LogP contribution is 2.28. The van der Waals surface area contributed by atoms with Gasteiger partial charge >= 0.3 is 0 Å². The van der Waals surface area contributed by atoms with Gasteiger partial charge in [-0.05, 0) is 18.4 Å². The maximum absolute atomic E-state index is 4.31. The Morgan fingerprint density at radius 1 is 1.38 bits per heavy atom. The van der Waals surface area contributed by atoms with E-state index in [1.165, 1.54) is 5.56 Å². The molecule has 0 spiro atoms. The number of nitrogens with zero attached hydrogens (tertiary/aromatic N) is 2. The summed E-state index contributed by atoms with van der Waals surface area (Å²) in [6.07, 6.45) is 5.72. The Balaban J connectivity index is 2.06. The molecule has 0 radical (unpaired) electrons. The van der Waals surface area contributed by atoms with Gasteiger partial charge < -0.3 is 0 Å². The molecule has 1 saturated heterocycles. The first-order valence-electron chi connectivity index (χ1n) is 4.50. The minimum absolute atomic E-state index is 0.298. The van der Waals surface area contributed by atoms with Crippen LogP contribution in [0.15, 0.2) is 12.5 Å². The fourth-order valence-corrected chi connectivity index (χ4v) is 2.05. The maximum atomic E-state index is 4.31. The normalized spacial score (nSPS) is 31.1. The smallest absolute Gasteiger partial charge is 0.115 e. The van der Waals surface area contributed by atoms with E-state index < -0.39 is 0 Å². The lowest BCUT2D eigenvalue weighted by Crippen LogP contribution is -2.34. The van der Waals surface area contributed by atoms with Crippen LogP contribution in [0, 0.1) is 0 Å². The topological polar surface area (TPSA) is 61.9 Å². The van der Waals surface area contributed by atoms with E-state index in [1.807, 2.05) is 6.20 Å². The lowest BCUT2D eigenvalue weighted by Gasteiger charge is -2.24. The van der Waals surface area contributed by atoms with Gasteiger partial charge in [-0.1, -0.05) is 0 Å². The Hall–Kier alpha value is -1.04. The van der Waals surface area contributed by atoms with Gasteiger partial charge in [0.25, 0.3) is 0 Å². The quantitative estimate of drug-likeness (QED) is 0.496. The van der Waals surface area contributed by atoms with Crippen LogP contribution in [0.1, 0.15) is 23.7 Å². The highest BCUT2D eigenvalue weighted by Gasteiger charge is 2.34. The molecule has 1 aliphatic heterocycles. The first kappa shape index (κ1) is 7.37.